The number of hydrogen-bond acceptors (Lipinski definition) is 3. The first-order chi connectivity index (χ1) is 9.74. The molecule has 0 unspecified atom stereocenters. The Morgan fingerprint density at radius 2 is 2.30 bits per heavy atom. The minimum atomic E-state index is 0.0768. The van der Waals surface area contributed by atoms with Gasteiger partial charge in [-0.25, -0.2) is 0 Å². The van der Waals surface area contributed by atoms with Crippen molar-refractivity contribution < 1.29 is 9.53 Å². The Bertz CT molecular complexity index is 568. The summed E-state index contributed by atoms with van der Waals surface area (Å²) in [6.45, 7) is 1.03. The number of carbonyl (C=O) groups excluding carboxylic acids is 1. The van der Waals surface area contributed by atoms with Crippen LogP contribution in [-0.2, 0) is 16.6 Å². The molecule has 0 spiro atoms. The van der Waals surface area contributed by atoms with E-state index in [1.54, 1.807) is 7.11 Å². The molecule has 3 heteroatoms. The van der Waals surface area contributed by atoms with Gasteiger partial charge in [0.1, 0.15) is 11.5 Å². The molecule has 1 aromatic rings. The third kappa shape index (κ3) is 1.53. The van der Waals surface area contributed by atoms with Crippen LogP contribution in [0.25, 0.3) is 0 Å². The Morgan fingerprint density at radius 1 is 1.40 bits per heavy atom. The lowest BCUT2D eigenvalue weighted by atomic mass is 9.52. The summed E-state index contributed by atoms with van der Waals surface area (Å²) in [6, 6.07) is 6.90. The van der Waals surface area contributed by atoms with Crippen molar-refractivity contribution >= 4 is 5.78 Å². The number of fused-ring (bicyclic) bond motifs is 1. The normalized spacial score (nSPS) is 35.1. The van der Waals surface area contributed by atoms with Gasteiger partial charge in [0.05, 0.1) is 7.11 Å². The number of rotatable bonds is 1. The van der Waals surface area contributed by atoms with E-state index in [2.05, 4.69) is 23.5 Å². The van der Waals surface area contributed by atoms with Gasteiger partial charge in [0.15, 0.2) is 0 Å². The van der Waals surface area contributed by atoms with Gasteiger partial charge in [-0.1, -0.05) is 12.1 Å². The van der Waals surface area contributed by atoms with Gasteiger partial charge in [0, 0.05) is 24.3 Å². The topological polar surface area (TPSA) is 38.3 Å². The maximum absolute atomic E-state index is 12.1. The zero-order chi connectivity index (χ0) is 13.7. The zero-order valence-corrected chi connectivity index (χ0v) is 11.9. The summed E-state index contributed by atoms with van der Waals surface area (Å²) in [5.41, 5.74) is 2.80. The molecule has 20 heavy (non-hydrogen) atoms. The van der Waals surface area contributed by atoms with Crippen LogP contribution in [0.2, 0.25) is 0 Å². The monoisotopic (exact) mass is 271 g/mol. The molecule has 106 valence electrons. The molecular weight excluding hydrogens is 250 g/mol. The Balaban J connectivity index is 1.92. The number of ether oxygens (including phenoxy) is 1. The molecule has 0 amide bonds. The van der Waals surface area contributed by atoms with Crippen molar-refractivity contribution in [1.82, 2.24) is 5.32 Å². The highest BCUT2D eigenvalue weighted by atomic mass is 16.5. The lowest BCUT2D eigenvalue weighted by Crippen LogP contribution is -2.60. The van der Waals surface area contributed by atoms with Crippen molar-refractivity contribution in [1.29, 1.82) is 0 Å². The second kappa shape index (κ2) is 4.32. The van der Waals surface area contributed by atoms with Gasteiger partial charge < -0.3 is 10.1 Å². The molecule has 0 radical (unpaired) electrons. The van der Waals surface area contributed by atoms with E-state index in [9.17, 15) is 4.79 Å². The van der Waals surface area contributed by atoms with Gasteiger partial charge >= 0.3 is 0 Å². The first-order valence-corrected chi connectivity index (χ1v) is 7.66. The average Bonchev–Trinajstić information content (AvgIpc) is 2.46. The summed E-state index contributed by atoms with van der Waals surface area (Å²) in [5.74, 6) is 2.05. The molecule has 1 N–H and O–H groups in total. The van der Waals surface area contributed by atoms with E-state index in [1.165, 1.54) is 11.1 Å². The fourth-order valence-electron chi connectivity index (χ4n) is 4.94. The smallest absolute Gasteiger partial charge is 0.133 e. The maximum atomic E-state index is 12.1. The maximum Gasteiger partial charge on any atom is 0.133 e. The number of piperidine rings is 1. The lowest BCUT2D eigenvalue weighted by Gasteiger charge is -2.55. The van der Waals surface area contributed by atoms with Crippen molar-refractivity contribution in [3.8, 4) is 5.75 Å². The fourth-order valence-corrected chi connectivity index (χ4v) is 4.94. The van der Waals surface area contributed by atoms with Crippen LogP contribution in [0.5, 0.6) is 5.75 Å². The molecule has 1 aromatic carbocycles. The van der Waals surface area contributed by atoms with Crippen molar-refractivity contribution in [2.45, 2.75) is 43.6 Å². The molecular formula is C17H21NO2. The average molecular weight is 271 g/mol. The van der Waals surface area contributed by atoms with Crippen LogP contribution in [0.3, 0.4) is 0 Å². The predicted octanol–water partition coefficient (Wildman–Crippen LogP) is 2.22. The largest absolute Gasteiger partial charge is 0.496 e. The summed E-state index contributed by atoms with van der Waals surface area (Å²) in [5, 5.41) is 3.68. The molecule has 3 nitrogen and oxygen atoms in total. The van der Waals surface area contributed by atoms with E-state index in [-0.39, 0.29) is 5.41 Å². The van der Waals surface area contributed by atoms with Crippen LogP contribution in [0.15, 0.2) is 18.2 Å². The quantitative estimate of drug-likeness (QED) is 0.851. The van der Waals surface area contributed by atoms with E-state index in [1.807, 2.05) is 0 Å². The second-order valence-electron chi connectivity index (χ2n) is 6.52. The summed E-state index contributed by atoms with van der Waals surface area (Å²) in [7, 11) is 1.74. The minimum Gasteiger partial charge on any atom is -0.496 e. The molecule has 4 rings (SSSR count). The highest BCUT2D eigenvalue weighted by Gasteiger charge is 2.53. The molecule has 0 aromatic heterocycles. The predicted molar refractivity (Wildman–Crippen MR) is 77.1 cm³/mol. The number of ketones is 1. The Kier molecular flexibility index (Phi) is 2.68. The fraction of sp³-hybridized carbons (Fsp3) is 0.588. The van der Waals surface area contributed by atoms with Crippen LogP contribution in [-0.4, -0.2) is 25.5 Å². The van der Waals surface area contributed by atoms with Crippen molar-refractivity contribution in [2.75, 3.05) is 13.7 Å². The molecule has 3 aliphatic rings. The van der Waals surface area contributed by atoms with E-state index in [0.29, 0.717) is 17.7 Å². The third-order valence-corrected chi connectivity index (χ3v) is 5.73. The number of nitrogens with one attached hydrogen (secondary N) is 1. The molecule has 2 bridgehead atoms. The van der Waals surface area contributed by atoms with Gasteiger partial charge in [-0.2, -0.15) is 0 Å². The van der Waals surface area contributed by atoms with Crippen molar-refractivity contribution in [3.63, 3.8) is 0 Å². The van der Waals surface area contributed by atoms with E-state index >= 15 is 0 Å². The molecule has 1 saturated heterocycles. The highest BCUT2D eigenvalue weighted by Crippen LogP contribution is 2.54. The summed E-state index contributed by atoms with van der Waals surface area (Å²) >= 11 is 0. The number of carbonyl (C=O) groups is 1. The number of benzene rings is 1. The van der Waals surface area contributed by atoms with Gasteiger partial charge in [-0.15, -0.1) is 0 Å². The minimum absolute atomic E-state index is 0.0768. The molecule has 3 atom stereocenters. The lowest BCUT2D eigenvalue weighted by molar-refractivity contribution is -0.125. The molecule has 1 saturated carbocycles. The van der Waals surface area contributed by atoms with Crippen molar-refractivity contribution in [3.05, 3.63) is 29.3 Å². The molecule has 2 aliphatic carbocycles. The van der Waals surface area contributed by atoms with E-state index < -0.39 is 0 Å². The second-order valence-corrected chi connectivity index (χ2v) is 6.52. The van der Waals surface area contributed by atoms with Crippen LogP contribution in [0.4, 0.5) is 0 Å². The Morgan fingerprint density at radius 3 is 3.15 bits per heavy atom. The molecule has 2 fully saturated rings. The molecule has 1 heterocycles. The van der Waals surface area contributed by atoms with Crippen LogP contribution < -0.4 is 10.1 Å². The number of hydrogen-bond donors (Lipinski definition) is 1. The number of methoxy groups -OCH3 is 1. The van der Waals surface area contributed by atoms with Gasteiger partial charge in [-0.05, 0) is 48.9 Å². The van der Waals surface area contributed by atoms with Crippen LogP contribution in [0.1, 0.15) is 36.8 Å². The number of Topliss-reactive ketones (excluding diaryl/α,β-unsaturated/α-hetero) is 1. The first-order valence-electron chi connectivity index (χ1n) is 7.66. The SMILES string of the molecule is COc1cccc2c1C[C@H]1NCC[C@@]23CC(=O)CC[C@@H]13. The Labute approximate surface area is 119 Å². The summed E-state index contributed by atoms with van der Waals surface area (Å²) in [6.07, 6.45) is 4.67. The zero-order valence-electron chi connectivity index (χ0n) is 11.9. The summed E-state index contributed by atoms with van der Waals surface area (Å²) < 4.78 is 5.57. The first kappa shape index (κ1) is 12.4. The third-order valence-electron chi connectivity index (χ3n) is 5.73. The molecule has 1 aliphatic heterocycles. The summed E-state index contributed by atoms with van der Waals surface area (Å²) in [4.78, 5) is 12.1. The van der Waals surface area contributed by atoms with Crippen LogP contribution in [0, 0.1) is 5.92 Å². The van der Waals surface area contributed by atoms with Gasteiger partial charge in [-0.3, -0.25) is 4.79 Å². The standard InChI is InChI=1S/C17H21NO2/c1-20-16-4-2-3-13-12(16)9-15-14-6-5-11(19)10-17(13,14)7-8-18-15/h2-4,14-15,18H,5-10H2,1H3/t14-,15+,17+/m0/s1. The van der Waals surface area contributed by atoms with E-state index in [0.717, 1.165) is 44.4 Å². The van der Waals surface area contributed by atoms with Crippen LogP contribution >= 0.6 is 0 Å². The Hall–Kier alpha value is -1.35. The van der Waals surface area contributed by atoms with Gasteiger partial charge in [0.25, 0.3) is 0 Å². The highest BCUT2D eigenvalue weighted by molar-refractivity contribution is 5.81. The van der Waals surface area contributed by atoms with Gasteiger partial charge in [0.2, 0.25) is 0 Å². The van der Waals surface area contributed by atoms with E-state index in [4.69, 9.17) is 4.74 Å². The van der Waals surface area contributed by atoms with Crippen molar-refractivity contribution in [2.24, 2.45) is 5.92 Å².